The second-order valence-electron chi connectivity index (χ2n) is 4.96. The van der Waals surface area contributed by atoms with Crippen molar-refractivity contribution in [3.8, 4) is 11.3 Å². The Morgan fingerprint density at radius 1 is 1.05 bits per heavy atom. The maximum atomic E-state index is 12.1. The summed E-state index contributed by atoms with van der Waals surface area (Å²) >= 11 is 0. The normalized spacial score (nSPS) is 11.7. The fraction of sp³-hybridized carbons (Fsp3) is 0.375. The van der Waals surface area contributed by atoms with Crippen molar-refractivity contribution in [3.05, 3.63) is 42.7 Å². The summed E-state index contributed by atoms with van der Waals surface area (Å²) in [6, 6.07) is 10.4. The van der Waals surface area contributed by atoms with Gasteiger partial charge < -0.3 is 4.42 Å². The molecule has 0 aliphatic carbocycles. The van der Waals surface area contributed by atoms with E-state index in [1.54, 1.807) is 36.6 Å². The Balaban J connectivity index is 1.97. The Morgan fingerprint density at radius 3 is 2.43 bits per heavy atom. The minimum Gasteiger partial charge on any atom is -0.464 e. The van der Waals surface area contributed by atoms with E-state index in [1.807, 2.05) is 6.07 Å². The zero-order valence-electron chi connectivity index (χ0n) is 12.2. The van der Waals surface area contributed by atoms with E-state index in [4.69, 9.17) is 4.42 Å². The van der Waals surface area contributed by atoms with E-state index in [0.717, 1.165) is 37.0 Å². The van der Waals surface area contributed by atoms with E-state index in [9.17, 15) is 8.42 Å². The van der Waals surface area contributed by atoms with Crippen molar-refractivity contribution in [1.29, 1.82) is 0 Å². The maximum Gasteiger partial charge on any atom is 0.240 e. The monoisotopic (exact) mass is 307 g/mol. The summed E-state index contributed by atoms with van der Waals surface area (Å²) < 4.78 is 32.2. The minimum atomic E-state index is -3.41. The van der Waals surface area contributed by atoms with Gasteiger partial charge in [0.25, 0.3) is 0 Å². The number of hydrogen-bond donors (Lipinski definition) is 1. The molecule has 114 valence electrons. The van der Waals surface area contributed by atoms with Gasteiger partial charge in [0.1, 0.15) is 5.76 Å². The van der Waals surface area contributed by atoms with Crippen molar-refractivity contribution in [2.75, 3.05) is 6.54 Å². The third kappa shape index (κ3) is 4.44. The van der Waals surface area contributed by atoms with Crippen molar-refractivity contribution >= 4 is 10.0 Å². The van der Waals surface area contributed by atoms with E-state index >= 15 is 0 Å². The van der Waals surface area contributed by atoms with Gasteiger partial charge in [-0.15, -0.1) is 0 Å². The first-order chi connectivity index (χ1) is 10.1. The predicted octanol–water partition coefficient (Wildman–Crippen LogP) is 3.81. The quantitative estimate of drug-likeness (QED) is 0.754. The topological polar surface area (TPSA) is 59.3 Å². The van der Waals surface area contributed by atoms with E-state index in [2.05, 4.69) is 11.6 Å². The van der Waals surface area contributed by atoms with Crippen LogP contribution in [0.3, 0.4) is 0 Å². The summed E-state index contributed by atoms with van der Waals surface area (Å²) in [6.45, 7) is 2.62. The molecule has 0 amide bonds. The first kappa shape index (κ1) is 15.8. The highest BCUT2D eigenvalue weighted by Crippen LogP contribution is 2.21. The molecule has 1 N–H and O–H groups in total. The first-order valence-corrected chi connectivity index (χ1v) is 8.75. The van der Waals surface area contributed by atoms with Gasteiger partial charge in [0.2, 0.25) is 10.0 Å². The van der Waals surface area contributed by atoms with Gasteiger partial charge in [0.05, 0.1) is 11.2 Å². The molecule has 0 bridgehead atoms. The average molecular weight is 307 g/mol. The maximum absolute atomic E-state index is 12.1. The predicted molar refractivity (Wildman–Crippen MR) is 83.5 cm³/mol. The Hall–Kier alpha value is -1.59. The molecule has 0 aliphatic rings. The van der Waals surface area contributed by atoms with Crippen LogP contribution in [0.25, 0.3) is 11.3 Å². The van der Waals surface area contributed by atoms with Gasteiger partial charge in [0.15, 0.2) is 0 Å². The largest absolute Gasteiger partial charge is 0.464 e. The molecule has 0 saturated carbocycles. The molecule has 0 spiro atoms. The highest BCUT2D eigenvalue weighted by molar-refractivity contribution is 7.89. The zero-order chi connectivity index (χ0) is 15.1. The third-order valence-electron chi connectivity index (χ3n) is 3.29. The van der Waals surface area contributed by atoms with Crippen LogP contribution in [-0.4, -0.2) is 15.0 Å². The van der Waals surface area contributed by atoms with E-state index in [-0.39, 0.29) is 4.90 Å². The number of furan rings is 1. The van der Waals surface area contributed by atoms with Gasteiger partial charge in [-0.1, -0.05) is 26.2 Å². The molecule has 5 heteroatoms. The van der Waals surface area contributed by atoms with Gasteiger partial charge in [-0.2, -0.15) is 0 Å². The summed E-state index contributed by atoms with van der Waals surface area (Å²) in [5, 5.41) is 0. The summed E-state index contributed by atoms with van der Waals surface area (Å²) in [4.78, 5) is 0.285. The van der Waals surface area contributed by atoms with Gasteiger partial charge >= 0.3 is 0 Å². The molecule has 0 radical (unpaired) electrons. The average Bonchev–Trinajstić information content (AvgIpc) is 3.01. The van der Waals surface area contributed by atoms with Crippen LogP contribution in [0.5, 0.6) is 0 Å². The molecular weight excluding hydrogens is 286 g/mol. The minimum absolute atomic E-state index is 0.285. The molecule has 1 heterocycles. The van der Waals surface area contributed by atoms with Crippen molar-refractivity contribution in [2.24, 2.45) is 0 Å². The van der Waals surface area contributed by atoms with Crippen LogP contribution in [0, 0.1) is 0 Å². The van der Waals surface area contributed by atoms with Crippen LogP contribution >= 0.6 is 0 Å². The van der Waals surface area contributed by atoms with E-state index in [0.29, 0.717) is 6.54 Å². The van der Waals surface area contributed by atoms with Crippen LogP contribution in [0.4, 0.5) is 0 Å². The van der Waals surface area contributed by atoms with Crippen molar-refractivity contribution in [1.82, 2.24) is 4.72 Å². The lowest BCUT2D eigenvalue weighted by molar-refractivity contribution is 0.573. The van der Waals surface area contributed by atoms with Crippen molar-refractivity contribution in [2.45, 2.75) is 37.5 Å². The fourth-order valence-corrected chi connectivity index (χ4v) is 3.16. The Labute approximate surface area is 126 Å². The second kappa shape index (κ2) is 7.43. The Bertz CT molecular complexity index is 631. The van der Waals surface area contributed by atoms with Gasteiger partial charge in [0, 0.05) is 12.1 Å². The molecule has 1 aromatic carbocycles. The number of rotatable bonds is 8. The number of unbranched alkanes of at least 4 members (excludes halogenated alkanes) is 3. The van der Waals surface area contributed by atoms with Crippen LogP contribution < -0.4 is 4.72 Å². The summed E-state index contributed by atoms with van der Waals surface area (Å²) in [5.74, 6) is 0.728. The summed E-state index contributed by atoms with van der Waals surface area (Å²) in [5.41, 5.74) is 0.863. The van der Waals surface area contributed by atoms with Gasteiger partial charge in [-0.05, 0) is 42.8 Å². The molecule has 1 aromatic heterocycles. The zero-order valence-corrected chi connectivity index (χ0v) is 13.0. The molecule has 2 aromatic rings. The van der Waals surface area contributed by atoms with Gasteiger partial charge in [-0.25, -0.2) is 13.1 Å². The highest BCUT2D eigenvalue weighted by Gasteiger charge is 2.13. The standard InChI is InChI=1S/C16H21NO3S/c1-2-3-4-5-12-17-21(18,19)15-10-8-14(9-11-15)16-7-6-13-20-16/h6-11,13,17H,2-5,12H2,1H3. The number of hydrogen-bond acceptors (Lipinski definition) is 3. The molecule has 4 nitrogen and oxygen atoms in total. The van der Waals surface area contributed by atoms with Crippen molar-refractivity contribution in [3.63, 3.8) is 0 Å². The number of nitrogens with one attached hydrogen (secondary N) is 1. The lowest BCUT2D eigenvalue weighted by Gasteiger charge is -2.07. The van der Waals surface area contributed by atoms with Crippen LogP contribution in [0.15, 0.2) is 52.0 Å². The fourth-order valence-electron chi connectivity index (χ4n) is 2.08. The molecule has 0 fully saturated rings. The smallest absolute Gasteiger partial charge is 0.240 e. The van der Waals surface area contributed by atoms with Crippen LogP contribution in [-0.2, 0) is 10.0 Å². The number of benzene rings is 1. The second-order valence-corrected chi connectivity index (χ2v) is 6.73. The first-order valence-electron chi connectivity index (χ1n) is 7.27. The summed E-state index contributed by atoms with van der Waals surface area (Å²) in [7, 11) is -3.41. The molecule has 2 rings (SSSR count). The molecule has 0 saturated heterocycles. The molecule has 21 heavy (non-hydrogen) atoms. The summed E-state index contributed by atoms with van der Waals surface area (Å²) in [6.07, 6.45) is 5.80. The van der Waals surface area contributed by atoms with Crippen molar-refractivity contribution < 1.29 is 12.8 Å². The Morgan fingerprint density at radius 2 is 1.81 bits per heavy atom. The lowest BCUT2D eigenvalue weighted by atomic mass is 10.2. The molecule has 0 atom stereocenters. The Kier molecular flexibility index (Phi) is 5.59. The van der Waals surface area contributed by atoms with Crippen LogP contribution in [0.2, 0.25) is 0 Å². The third-order valence-corrected chi connectivity index (χ3v) is 4.77. The number of sulfonamides is 1. The molecule has 0 unspecified atom stereocenters. The van der Waals surface area contributed by atoms with Gasteiger partial charge in [-0.3, -0.25) is 0 Å². The SMILES string of the molecule is CCCCCCNS(=O)(=O)c1ccc(-c2ccco2)cc1. The highest BCUT2D eigenvalue weighted by atomic mass is 32.2. The molecular formula is C16H21NO3S. The van der Waals surface area contributed by atoms with Crippen LogP contribution in [0.1, 0.15) is 32.6 Å². The molecule has 0 aliphatic heterocycles. The van der Waals surface area contributed by atoms with E-state index in [1.165, 1.54) is 0 Å². The lowest BCUT2D eigenvalue weighted by Crippen LogP contribution is -2.24. The van der Waals surface area contributed by atoms with E-state index < -0.39 is 10.0 Å².